The number of ether oxygens (including phenoxy) is 1. The van der Waals surface area contributed by atoms with Gasteiger partial charge in [-0.1, -0.05) is 42.5 Å². The van der Waals surface area contributed by atoms with E-state index >= 15 is 0 Å². The number of aryl methyl sites for hydroxylation is 1. The molecule has 3 rings (SSSR count). The number of nitrogens with one attached hydrogen (secondary N) is 1. The lowest BCUT2D eigenvalue weighted by molar-refractivity contribution is 0.402. The van der Waals surface area contributed by atoms with E-state index in [9.17, 15) is 8.42 Å². The van der Waals surface area contributed by atoms with E-state index in [0.29, 0.717) is 5.75 Å². The van der Waals surface area contributed by atoms with Crippen molar-refractivity contribution in [3.8, 4) is 16.3 Å². The fourth-order valence-corrected chi connectivity index (χ4v) is 4.64. The van der Waals surface area contributed by atoms with E-state index in [2.05, 4.69) is 9.71 Å². The summed E-state index contributed by atoms with van der Waals surface area (Å²) in [5.41, 5.74) is 1.85. The van der Waals surface area contributed by atoms with Crippen LogP contribution in [0.1, 0.15) is 10.6 Å². The predicted molar refractivity (Wildman–Crippen MR) is 99.3 cm³/mol. The van der Waals surface area contributed by atoms with Crippen molar-refractivity contribution in [1.82, 2.24) is 9.71 Å². The number of nitrogens with zero attached hydrogens (tertiary/aromatic N) is 1. The van der Waals surface area contributed by atoms with E-state index in [1.54, 1.807) is 18.2 Å². The molecule has 0 bridgehead atoms. The second kappa shape index (κ2) is 7.35. The average Bonchev–Trinajstić information content (AvgIpc) is 3.01. The zero-order valence-electron chi connectivity index (χ0n) is 13.9. The van der Waals surface area contributed by atoms with Gasteiger partial charge in [0.25, 0.3) is 0 Å². The Morgan fingerprint density at radius 3 is 2.48 bits per heavy atom. The smallest absolute Gasteiger partial charge is 0.244 e. The Bertz CT molecular complexity index is 967. The maximum absolute atomic E-state index is 12.6. The third-order valence-electron chi connectivity index (χ3n) is 3.69. The van der Waals surface area contributed by atoms with Gasteiger partial charge >= 0.3 is 0 Å². The Morgan fingerprint density at radius 2 is 1.76 bits per heavy atom. The Kier molecular flexibility index (Phi) is 5.17. The first-order valence-electron chi connectivity index (χ1n) is 7.65. The standard InChI is InChI=1S/C18H18N2O3S2/c1-13-16(24-18(20-13)14-8-4-3-5-9-14)12-19-25(21,22)17-11-7-6-10-15(17)23-2/h3-11,19H,12H2,1-2H3. The summed E-state index contributed by atoms with van der Waals surface area (Å²) < 4.78 is 32.9. The van der Waals surface area contributed by atoms with Crippen LogP contribution in [0.3, 0.4) is 0 Å². The van der Waals surface area contributed by atoms with Crippen LogP contribution in [0.15, 0.2) is 59.5 Å². The van der Waals surface area contributed by atoms with Crippen molar-refractivity contribution in [2.24, 2.45) is 0 Å². The van der Waals surface area contributed by atoms with Crippen LogP contribution in [-0.4, -0.2) is 20.5 Å². The summed E-state index contributed by atoms with van der Waals surface area (Å²) >= 11 is 1.49. The maximum atomic E-state index is 12.6. The number of rotatable bonds is 6. The van der Waals surface area contributed by atoms with Gasteiger partial charge in [-0.3, -0.25) is 0 Å². The van der Waals surface area contributed by atoms with E-state index in [1.165, 1.54) is 24.5 Å². The maximum Gasteiger partial charge on any atom is 0.244 e. The third kappa shape index (κ3) is 3.89. The molecule has 0 atom stereocenters. The lowest BCUT2D eigenvalue weighted by Crippen LogP contribution is -2.23. The molecule has 7 heteroatoms. The van der Waals surface area contributed by atoms with E-state index in [-0.39, 0.29) is 11.4 Å². The third-order valence-corrected chi connectivity index (χ3v) is 6.34. The summed E-state index contributed by atoms with van der Waals surface area (Å²) in [4.78, 5) is 5.56. The molecule has 3 aromatic rings. The van der Waals surface area contributed by atoms with E-state index in [0.717, 1.165) is 21.1 Å². The molecule has 0 aliphatic rings. The normalized spacial score (nSPS) is 11.4. The fourth-order valence-electron chi connectivity index (χ4n) is 2.38. The molecule has 0 radical (unpaired) electrons. The summed E-state index contributed by atoms with van der Waals surface area (Å²) in [6.45, 7) is 2.08. The van der Waals surface area contributed by atoms with Gasteiger partial charge in [0.05, 0.1) is 12.8 Å². The molecule has 25 heavy (non-hydrogen) atoms. The minimum absolute atomic E-state index is 0.128. The van der Waals surface area contributed by atoms with Gasteiger partial charge in [0.2, 0.25) is 10.0 Å². The number of para-hydroxylation sites is 1. The summed E-state index contributed by atoms with van der Waals surface area (Å²) in [6.07, 6.45) is 0. The summed E-state index contributed by atoms with van der Waals surface area (Å²) in [5.74, 6) is 0.320. The lowest BCUT2D eigenvalue weighted by atomic mass is 10.2. The Morgan fingerprint density at radius 1 is 1.08 bits per heavy atom. The highest BCUT2D eigenvalue weighted by atomic mass is 32.2. The second-order valence-electron chi connectivity index (χ2n) is 5.37. The molecule has 0 unspecified atom stereocenters. The van der Waals surface area contributed by atoms with Crippen LogP contribution in [0.4, 0.5) is 0 Å². The van der Waals surface area contributed by atoms with Gasteiger partial charge in [0, 0.05) is 17.0 Å². The summed E-state index contributed by atoms with van der Waals surface area (Å²) in [6, 6.07) is 16.4. The van der Waals surface area contributed by atoms with Crippen LogP contribution < -0.4 is 9.46 Å². The minimum atomic E-state index is -3.67. The van der Waals surface area contributed by atoms with Crippen LogP contribution in [0.5, 0.6) is 5.75 Å². The van der Waals surface area contributed by atoms with Crippen LogP contribution in [0, 0.1) is 6.92 Å². The van der Waals surface area contributed by atoms with Crippen molar-refractivity contribution in [3.05, 3.63) is 65.2 Å². The van der Waals surface area contributed by atoms with Crippen LogP contribution >= 0.6 is 11.3 Å². The first-order valence-corrected chi connectivity index (χ1v) is 9.95. The number of sulfonamides is 1. The van der Waals surface area contributed by atoms with Gasteiger partial charge in [0.15, 0.2) is 0 Å². The molecule has 0 aliphatic heterocycles. The lowest BCUT2D eigenvalue weighted by Gasteiger charge is -2.10. The molecule has 1 N–H and O–H groups in total. The fraction of sp³-hybridized carbons (Fsp3) is 0.167. The quantitative estimate of drug-likeness (QED) is 0.716. The first kappa shape index (κ1) is 17.6. The zero-order valence-corrected chi connectivity index (χ0v) is 15.5. The molecular weight excluding hydrogens is 356 g/mol. The van der Waals surface area contributed by atoms with Crippen molar-refractivity contribution in [2.45, 2.75) is 18.4 Å². The monoisotopic (exact) mass is 374 g/mol. The minimum Gasteiger partial charge on any atom is -0.495 e. The Balaban J connectivity index is 1.81. The SMILES string of the molecule is COc1ccccc1S(=O)(=O)NCc1sc(-c2ccccc2)nc1C. The number of methoxy groups -OCH3 is 1. The molecule has 0 spiro atoms. The van der Waals surface area contributed by atoms with E-state index < -0.39 is 10.0 Å². The van der Waals surface area contributed by atoms with Gasteiger partial charge in [-0.15, -0.1) is 11.3 Å². The summed E-state index contributed by atoms with van der Waals surface area (Å²) in [5, 5.41) is 0.879. The van der Waals surface area contributed by atoms with Crippen molar-refractivity contribution < 1.29 is 13.2 Å². The van der Waals surface area contributed by atoms with Gasteiger partial charge in [-0.05, 0) is 19.1 Å². The van der Waals surface area contributed by atoms with Crippen molar-refractivity contribution in [1.29, 1.82) is 0 Å². The van der Waals surface area contributed by atoms with Gasteiger partial charge in [0.1, 0.15) is 15.7 Å². The molecule has 0 saturated carbocycles. The highest BCUT2D eigenvalue weighted by Crippen LogP contribution is 2.28. The van der Waals surface area contributed by atoms with Gasteiger partial charge in [-0.25, -0.2) is 18.1 Å². The van der Waals surface area contributed by atoms with Crippen LogP contribution in [0.25, 0.3) is 10.6 Å². The first-order chi connectivity index (χ1) is 12.0. The summed E-state index contributed by atoms with van der Waals surface area (Å²) in [7, 11) is -2.22. The molecule has 2 aromatic carbocycles. The number of hydrogen-bond acceptors (Lipinski definition) is 5. The highest BCUT2D eigenvalue weighted by molar-refractivity contribution is 7.89. The number of thiazole rings is 1. The van der Waals surface area contributed by atoms with Crippen LogP contribution in [0.2, 0.25) is 0 Å². The van der Waals surface area contributed by atoms with E-state index in [1.807, 2.05) is 37.3 Å². The van der Waals surface area contributed by atoms with Crippen molar-refractivity contribution >= 4 is 21.4 Å². The van der Waals surface area contributed by atoms with E-state index in [4.69, 9.17) is 4.74 Å². The number of hydrogen-bond donors (Lipinski definition) is 1. The molecular formula is C18H18N2O3S2. The van der Waals surface area contributed by atoms with Gasteiger partial charge < -0.3 is 4.74 Å². The predicted octanol–water partition coefficient (Wildman–Crippen LogP) is 3.61. The van der Waals surface area contributed by atoms with Crippen molar-refractivity contribution in [3.63, 3.8) is 0 Å². The largest absolute Gasteiger partial charge is 0.495 e. The molecule has 130 valence electrons. The molecule has 0 saturated heterocycles. The zero-order chi connectivity index (χ0) is 17.9. The Labute approximate surface area is 151 Å². The molecule has 0 amide bonds. The van der Waals surface area contributed by atoms with Crippen LogP contribution in [-0.2, 0) is 16.6 Å². The molecule has 1 heterocycles. The second-order valence-corrected chi connectivity index (χ2v) is 8.19. The molecule has 0 fully saturated rings. The van der Waals surface area contributed by atoms with Crippen molar-refractivity contribution in [2.75, 3.05) is 7.11 Å². The molecule has 1 aromatic heterocycles. The molecule has 0 aliphatic carbocycles. The highest BCUT2D eigenvalue weighted by Gasteiger charge is 2.20. The number of benzene rings is 2. The Hall–Kier alpha value is -2.22. The van der Waals surface area contributed by atoms with Gasteiger partial charge in [-0.2, -0.15) is 0 Å². The topological polar surface area (TPSA) is 68.3 Å². The molecule has 5 nitrogen and oxygen atoms in total. The average molecular weight is 374 g/mol. The number of aromatic nitrogens is 1.